The molecule has 0 atom stereocenters. The maximum Gasteiger partial charge on any atom is 0.227 e. The quantitative estimate of drug-likeness (QED) is 0.688. The third-order valence-corrected chi connectivity index (χ3v) is 5.64. The summed E-state index contributed by atoms with van der Waals surface area (Å²) in [5.74, 6) is 0.486. The minimum absolute atomic E-state index is 0.0882. The first-order valence-electron chi connectivity index (χ1n) is 10.3. The Balaban J connectivity index is 1.39. The van der Waals surface area contributed by atoms with Crippen LogP contribution in [0.4, 0.5) is 10.1 Å². The van der Waals surface area contributed by atoms with Gasteiger partial charge in [0.15, 0.2) is 0 Å². The molecule has 1 amide bonds. The summed E-state index contributed by atoms with van der Waals surface area (Å²) < 4.78 is 16.1. The summed E-state index contributed by atoms with van der Waals surface area (Å²) in [7, 11) is 0. The van der Waals surface area contributed by atoms with E-state index in [2.05, 4.69) is 40.8 Å². The number of benzene rings is 2. The van der Waals surface area contributed by atoms with E-state index in [1.807, 2.05) is 12.1 Å². The number of anilines is 1. The zero-order valence-electron chi connectivity index (χ0n) is 16.9. The number of para-hydroxylation sites is 3. The second-order valence-corrected chi connectivity index (χ2v) is 8.00. The molecule has 3 aromatic rings. The third-order valence-electron chi connectivity index (χ3n) is 5.64. The van der Waals surface area contributed by atoms with Gasteiger partial charge in [0.25, 0.3) is 0 Å². The van der Waals surface area contributed by atoms with Crippen LogP contribution in [0.25, 0.3) is 11.0 Å². The minimum Gasteiger partial charge on any atom is -0.324 e. The summed E-state index contributed by atoms with van der Waals surface area (Å²) in [5, 5.41) is 2.74. The standard InChI is InChI=1S/C23H27FN4O/c1-16(2)28-21-10-6-5-9-20(21)25-22(28)15-27-13-11-17(12-14-27)23(29)26-19-8-4-3-7-18(19)24/h3-10,16-17H,11-15H2,1-2H3,(H,26,29). The van der Waals surface area contributed by atoms with E-state index in [1.165, 1.54) is 6.07 Å². The van der Waals surface area contributed by atoms with Crippen molar-refractivity contribution >= 4 is 22.6 Å². The summed E-state index contributed by atoms with van der Waals surface area (Å²) in [6.45, 7) is 6.79. The molecule has 1 aromatic heterocycles. The molecular formula is C23H27FN4O. The van der Waals surface area contributed by atoms with E-state index >= 15 is 0 Å². The van der Waals surface area contributed by atoms with Crippen LogP contribution in [0.5, 0.6) is 0 Å². The first-order chi connectivity index (χ1) is 14.0. The van der Waals surface area contributed by atoms with Crippen LogP contribution in [0.3, 0.4) is 0 Å². The van der Waals surface area contributed by atoms with Crippen molar-refractivity contribution in [3.8, 4) is 0 Å². The number of rotatable bonds is 5. The van der Waals surface area contributed by atoms with Crippen molar-refractivity contribution in [1.29, 1.82) is 0 Å². The smallest absolute Gasteiger partial charge is 0.227 e. The fourth-order valence-electron chi connectivity index (χ4n) is 4.13. The van der Waals surface area contributed by atoms with Gasteiger partial charge in [-0.05, 0) is 64.0 Å². The number of imidazole rings is 1. The number of fused-ring (bicyclic) bond motifs is 1. The predicted molar refractivity (Wildman–Crippen MR) is 113 cm³/mol. The Morgan fingerprint density at radius 2 is 1.83 bits per heavy atom. The lowest BCUT2D eigenvalue weighted by atomic mass is 9.95. The fraction of sp³-hybridized carbons (Fsp3) is 0.391. The Morgan fingerprint density at radius 3 is 2.55 bits per heavy atom. The minimum atomic E-state index is -0.397. The molecule has 0 saturated carbocycles. The number of carbonyl (C=O) groups excluding carboxylic acids is 1. The number of nitrogens with zero attached hydrogens (tertiary/aromatic N) is 3. The van der Waals surface area contributed by atoms with Crippen LogP contribution >= 0.6 is 0 Å². The van der Waals surface area contributed by atoms with Crippen molar-refractivity contribution in [3.05, 3.63) is 60.2 Å². The van der Waals surface area contributed by atoms with Crippen LogP contribution in [-0.4, -0.2) is 33.4 Å². The van der Waals surface area contributed by atoms with Crippen LogP contribution in [-0.2, 0) is 11.3 Å². The van der Waals surface area contributed by atoms with Gasteiger partial charge in [0.1, 0.15) is 11.6 Å². The molecule has 0 spiro atoms. The molecule has 1 saturated heterocycles. The summed E-state index contributed by atoms with van der Waals surface area (Å²) in [6.07, 6.45) is 1.53. The van der Waals surface area contributed by atoms with Crippen molar-refractivity contribution in [2.45, 2.75) is 39.3 Å². The number of nitrogens with one attached hydrogen (secondary N) is 1. The molecule has 1 aliphatic rings. The first kappa shape index (κ1) is 19.6. The Labute approximate surface area is 170 Å². The number of carbonyl (C=O) groups is 1. The second kappa shape index (κ2) is 8.33. The van der Waals surface area contributed by atoms with Crippen LogP contribution in [0.1, 0.15) is 38.6 Å². The highest BCUT2D eigenvalue weighted by Gasteiger charge is 2.26. The number of hydrogen-bond donors (Lipinski definition) is 1. The monoisotopic (exact) mass is 394 g/mol. The molecule has 0 radical (unpaired) electrons. The molecule has 1 fully saturated rings. The van der Waals surface area contributed by atoms with E-state index in [1.54, 1.807) is 18.2 Å². The van der Waals surface area contributed by atoms with E-state index < -0.39 is 5.82 Å². The van der Waals surface area contributed by atoms with Gasteiger partial charge in [-0.25, -0.2) is 9.37 Å². The van der Waals surface area contributed by atoms with E-state index in [-0.39, 0.29) is 17.5 Å². The van der Waals surface area contributed by atoms with Crippen LogP contribution < -0.4 is 5.32 Å². The highest BCUT2D eigenvalue weighted by Crippen LogP contribution is 2.25. The van der Waals surface area contributed by atoms with E-state index in [0.717, 1.165) is 49.3 Å². The van der Waals surface area contributed by atoms with Gasteiger partial charge in [-0.1, -0.05) is 24.3 Å². The zero-order valence-corrected chi connectivity index (χ0v) is 16.9. The number of likely N-dealkylation sites (tertiary alicyclic amines) is 1. The molecule has 5 nitrogen and oxygen atoms in total. The van der Waals surface area contributed by atoms with Gasteiger partial charge in [0.05, 0.1) is 23.3 Å². The number of aromatic nitrogens is 2. The van der Waals surface area contributed by atoms with Crippen molar-refractivity contribution in [1.82, 2.24) is 14.5 Å². The lowest BCUT2D eigenvalue weighted by Gasteiger charge is -2.31. The van der Waals surface area contributed by atoms with Crippen LogP contribution in [0, 0.1) is 11.7 Å². The summed E-state index contributed by atoms with van der Waals surface area (Å²) in [4.78, 5) is 19.7. The van der Waals surface area contributed by atoms with Crippen molar-refractivity contribution < 1.29 is 9.18 Å². The van der Waals surface area contributed by atoms with Crippen LogP contribution in [0.15, 0.2) is 48.5 Å². The van der Waals surface area contributed by atoms with Gasteiger partial charge in [-0.3, -0.25) is 9.69 Å². The number of hydrogen-bond acceptors (Lipinski definition) is 3. The van der Waals surface area contributed by atoms with Gasteiger partial charge in [-0.2, -0.15) is 0 Å². The zero-order chi connectivity index (χ0) is 20.4. The van der Waals surface area contributed by atoms with Crippen molar-refractivity contribution in [2.75, 3.05) is 18.4 Å². The third kappa shape index (κ3) is 4.17. The molecule has 29 heavy (non-hydrogen) atoms. The van der Waals surface area contributed by atoms with Gasteiger partial charge in [-0.15, -0.1) is 0 Å². The lowest BCUT2D eigenvalue weighted by molar-refractivity contribution is -0.121. The Bertz CT molecular complexity index is 1010. The highest BCUT2D eigenvalue weighted by atomic mass is 19.1. The summed E-state index contributed by atoms with van der Waals surface area (Å²) in [5.41, 5.74) is 2.44. The Kier molecular flexibility index (Phi) is 5.62. The fourth-order valence-corrected chi connectivity index (χ4v) is 4.13. The Morgan fingerprint density at radius 1 is 1.14 bits per heavy atom. The maximum atomic E-state index is 13.8. The maximum absolute atomic E-state index is 13.8. The topological polar surface area (TPSA) is 50.2 Å². The van der Waals surface area contributed by atoms with Crippen LogP contribution in [0.2, 0.25) is 0 Å². The van der Waals surface area contributed by atoms with Crippen molar-refractivity contribution in [2.24, 2.45) is 5.92 Å². The molecule has 4 rings (SSSR count). The van der Waals surface area contributed by atoms with E-state index in [0.29, 0.717) is 6.04 Å². The van der Waals surface area contributed by atoms with E-state index in [4.69, 9.17) is 4.98 Å². The molecule has 1 N–H and O–H groups in total. The Hall–Kier alpha value is -2.73. The van der Waals surface area contributed by atoms with Gasteiger partial charge >= 0.3 is 0 Å². The van der Waals surface area contributed by atoms with E-state index in [9.17, 15) is 9.18 Å². The average Bonchev–Trinajstić information content (AvgIpc) is 3.08. The molecule has 2 aromatic carbocycles. The first-order valence-corrected chi connectivity index (χ1v) is 10.3. The lowest BCUT2D eigenvalue weighted by Crippen LogP contribution is -2.38. The molecule has 1 aliphatic heterocycles. The number of piperidine rings is 1. The summed E-state index contributed by atoms with van der Waals surface area (Å²) in [6, 6.07) is 14.9. The van der Waals surface area contributed by atoms with Crippen molar-refractivity contribution in [3.63, 3.8) is 0 Å². The molecule has 6 heteroatoms. The molecule has 152 valence electrons. The SMILES string of the molecule is CC(C)n1c(CN2CCC(C(=O)Nc3ccccc3F)CC2)nc2ccccc21. The average molecular weight is 394 g/mol. The predicted octanol–water partition coefficient (Wildman–Crippen LogP) is 4.61. The normalized spacial score (nSPS) is 15.9. The molecular weight excluding hydrogens is 367 g/mol. The summed E-state index contributed by atoms with van der Waals surface area (Å²) >= 11 is 0. The van der Waals surface area contributed by atoms with Gasteiger partial charge in [0.2, 0.25) is 5.91 Å². The largest absolute Gasteiger partial charge is 0.324 e. The molecule has 0 unspecified atom stereocenters. The highest BCUT2D eigenvalue weighted by molar-refractivity contribution is 5.92. The second-order valence-electron chi connectivity index (χ2n) is 8.00. The number of halogens is 1. The molecule has 0 bridgehead atoms. The van der Waals surface area contributed by atoms with Gasteiger partial charge in [0, 0.05) is 12.0 Å². The number of amides is 1. The molecule has 0 aliphatic carbocycles. The molecule has 2 heterocycles. The van der Waals surface area contributed by atoms with Gasteiger partial charge < -0.3 is 9.88 Å².